The average molecular weight is 273 g/mol. The highest BCUT2D eigenvalue weighted by molar-refractivity contribution is 5.82. The second-order valence-corrected chi connectivity index (χ2v) is 6.23. The molecule has 1 aliphatic heterocycles. The minimum absolute atomic E-state index is 0.144. The van der Waals surface area contributed by atoms with E-state index in [-0.39, 0.29) is 11.8 Å². The number of piperidine rings is 1. The molecule has 4 heteroatoms. The summed E-state index contributed by atoms with van der Waals surface area (Å²) >= 11 is 0. The number of fused-ring (bicyclic) bond motifs is 2. The van der Waals surface area contributed by atoms with Crippen molar-refractivity contribution in [1.82, 2.24) is 10.3 Å². The first-order chi connectivity index (χ1) is 9.67. The Bertz CT molecular complexity index is 485. The molecule has 3 rings (SSSR count). The van der Waals surface area contributed by atoms with E-state index in [1.807, 2.05) is 19.1 Å². The highest BCUT2D eigenvalue weighted by Gasteiger charge is 2.37. The molecule has 3 N–H and O–H groups in total. The van der Waals surface area contributed by atoms with E-state index in [2.05, 4.69) is 22.5 Å². The molecule has 1 aliphatic carbocycles. The number of amides is 1. The third-order valence-electron chi connectivity index (χ3n) is 4.92. The second kappa shape index (κ2) is 5.54. The highest BCUT2D eigenvalue weighted by Crippen LogP contribution is 2.38. The number of nitrogens with two attached hydrogens (primary N) is 1. The second-order valence-electron chi connectivity index (χ2n) is 6.23. The summed E-state index contributed by atoms with van der Waals surface area (Å²) in [6.07, 6.45) is 4.19. The molecular weight excluding hydrogens is 250 g/mol. The van der Waals surface area contributed by atoms with Crippen molar-refractivity contribution in [1.29, 1.82) is 0 Å². The average Bonchev–Trinajstić information content (AvgIpc) is 3.09. The van der Waals surface area contributed by atoms with Gasteiger partial charge in [0.25, 0.3) is 0 Å². The van der Waals surface area contributed by atoms with Crippen LogP contribution < -0.4 is 11.3 Å². The van der Waals surface area contributed by atoms with Gasteiger partial charge in [0.1, 0.15) is 0 Å². The molecule has 0 radical (unpaired) electrons. The first kappa shape index (κ1) is 13.6. The highest BCUT2D eigenvalue weighted by atomic mass is 16.2. The molecule has 20 heavy (non-hydrogen) atoms. The summed E-state index contributed by atoms with van der Waals surface area (Å²) in [6.45, 7) is 4.17. The predicted molar refractivity (Wildman–Crippen MR) is 78.7 cm³/mol. The van der Waals surface area contributed by atoms with Gasteiger partial charge in [0.2, 0.25) is 5.91 Å². The fourth-order valence-electron chi connectivity index (χ4n) is 3.64. The molecule has 1 saturated heterocycles. The van der Waals surface area contributed by atoms with E-state index in [0.29, 0.717) is 0 Å². The van der Waals surface area contributed by atoms with E-state index in [0.717, 1.165) is 24.1 Å². The van der Waals surface area contributed by atoms with Crippen molar-refractivity contribution in [2.75, 3.05) is 6.54 Å². The van der Waals surface area contributed by atoms with Gasteiger partial charge in [-0.25, -0.2) is 5.84 Å². The molecule has 108 valence electrons. The lowest BCUT2D eigenvalue weighted by atomic mass is 9.99. The van der Waals surface area contributed by atoms with Crippen molar-refractivity contribution < 1.29 is 4.79 Å². The van der Waals surface area contributed by atoms with Crippen LogP contribution in [0.1, 0.15) is 43.2 Å². The van der Waals surface area contributed by atoms with E-state index in [1.54, 1.807) is 0 Å². The van der Waals surface area contributed by atoms with Crippen LogP contribution in [0, 0.1) is 5.92 Å². The normalized spacial score (nSPS) is 26.7. The lowest BCUT2D eigenvalue weighted by molar-refractivity contribution is -0.122. The summed E-state index contributed by atoms with van der Waals surface area (Å²) in [6, 6.07) is 9.18. The Hall–Kier alpha value is -1.39. The van der Waals surface area contributed by atoms with E-state index in [4.69, 9.17) is 5.84 Å². The predicted octanol–water partition coefficient (Wildman–Crippen LogP) is 1.76. The largest absolute Gasteiger partial charge is 0.296 e. The number of hydrogen-bond acceptors (Lipinski definition) is 3. The maximum Gasteiger partial charge on any atom is 0.241 e. The van der Waals surface area contributed by atoms with E-state index in [9.17, 15) is 4.79 Å². The van der Waals surface area contributed by atoms with Crippen LogP contribution in [0.2, 0.25) is 0 Å². The zero-order chi connectivity index (χ0) is 14.1. The van der Waals surface area contributed by atoms with Gasteiger partial charge in [0, 0.05) is 19.1 Å². The lowest BCUT2D eigenvalue weighted by Crippen LogP contribution is -2.33. The molecule has 1 saturated carbocycles. The van der Waals surface area contributed by atoms with Crippen molar-refractivity contribution in [2.45, 2.75) is 44.7 Å². The number of nitrogens with one attached hydrogen (secondary N) is 1. The van der Waals surface area contributed by atoms with Gasteiger partial charge in [-0.1, -0.05) is 24.3 Å². The molecule has 3 atom stereocenters. The Morgan fingerprint density at radius 2 is 2.15 bits per heavy atom. The van der Waals surface area contributed by atoms with Crippen LogP contribution >= 0.6 is 0 Å². The molecule has 1 amide bonds. The van der Waals surface area contributed by atoms with Crippen molar-refractivity contribution >= 4 is 5.91 Å². The number of carbonyl (C=O) groups excluding carboxylic acids is 1. The van der Waals surface area contributed by atoms with Gasteiger partial charge in [-0.2, -0.15) is 0 Å². The van der Waals surface area contributed by atoms with Crippen LogP contribution in [0.15, 0.2) is 24.3 Å². The van der Waals surface area contributed by atoms with Crippen molar-refractivity contribution in [2.24, 2.45) is 11.8 Å². The van der Waals surface area contributed by atoms with Gasteiger partial charge in [0.15, 0.2) is 0 Å². The fourth-order valence-corrected chi connectivity index (χ4v) is 3.64. The van der Waals surface area contributed by atoms with Gasteiger partial charge < -0.3 is 0 Å². The summed E-state index contributed by atoms with van der Waals surface area (Å²) in [5.74, 6) is 5.77. The minimum atomic E-state index is -0.197. The van der Waals surface area contributed by atoms with Gasteiger partial charge in [0.05, 0.1) is 5.92 Å². The summed E-state index contributed by atoms with van der Waals surface area (Å²) in [5, 5.41) is 0. The Morgan fingerprint density at radius 1 is 1.40 bits per heavy atom. The number of rotatable bonds is 4. The molecule has 3 unspecified atom stereocenters. The number of hydrazine groups is 1. The lowest BCUT2D eigenvalue weighted by Gasteiger charge is -2.26. The maximum absolute atomic E-state index is 11.5. The van der Waals surface area contributed by atoms with Crippen molar-refractivity contribution in [3.63, 3.8) is 0 Å². The fraction of sp³-hybridized carbons (Fsp3) is 0.562. The van der Waals surface area contributed by atoms with Crippen LogP contribution in [0.4, 0.5) is 0 Å². The smallest absolute Gasteiger partial charge is 0.241 e. The minimum Gasteiger partial charge on any atom is -0.296 e. The maximum atomic E-state index is 11.5. The number of likely N-dealkylation sites (tertiary alicyclic amines) is 1. The number of nitrogens with zero attached hydrogens (tertiary/aromatic N) is 1. The molecule has 2 fully saturated rings. The van der Waals surface area contributed by atoms with Crippen LogP contribution in [0.25, 0.3) is 0 Å². The zero-order valence-corrected chi connectivity index (χ0v) is 12.0. The summed E-state index contributed by atoms with van der Waals surface area (Å²) < 4.78 is 0. The quantitative estimate of drug-likeness (QED) is 0.499. The monoisotopic (exact) mass is 273 g/mol. The van der Waals surface area contributed by atoms with Gasteiger partial charge in [-0.15, -0.1) is 0 Å². The summed E-state index contributed by atoms with van der Waals surface area (Å²) in [7, 11) is 0. The molecule has 2 aliphatic rings. The molecular formula is C16H23N3O. The molecule has 0 aromatic heterocycles. The van der Waals surface area contributed by atoms with Crippen LogP contribution in [-0.4, -0.2) is 23.4 Å². The Balaban J connectivity index is 1.63. The van der Waals surface area contributed by atoms with Gasteiger partial charge >= 0.3 is 0 Å². The molecule has 1 aromatic carbocycles. The molecule has 1 aromatic rings. The van der Waals surface area contributed by atoms with Crippen LogP contribution in [0.3, 0.4) is 0 Å². The molecule has 2 bridgehead atoms. The van der Waals surface area contributed by atoms with Crippen LogP contribution in [0.5, 0.6) is 0 Å². The SMILES string of the molecule is CC(C(=O)NN)c1ccc(CN2CC3CCC2C3)cc1. The van der Waals surface area contributed by atoms with Crippen LogP contribution in [-0.2, 0) is 11.3 Å². The zero-order valence-electron chi connectivity index (χ0n) is 12.0. The summed E-state index contributed by atoms with van der Waals surface area (Å²) in [5.41, 5.74) is 4.56. The Labute approximate surface area is 120 Å². The third kappa shape index (κ3) is 2.58. The van der Waals surface area contributed by atoms with Gasteiger partial charge in [-0.05, 0) is 43.2 Å². The van der Waals surface area contributed by atoms with Crippen molar-refractivity contribution in [3.05, 3.63) is 35.4 Å². The third-order valence-corrected chi connectivity index (χ3v) is 4.92. The molecule has 4 nitrogen and oxygen atoms in total. The van der Waals surface area contributed by atoms with Gasteiger partial charge in [-0.3, -0.25) is 15.1 Å². The number of carbonyl (C=O) groups is 1. The first-order valence-corrected chi connectivity index (χ1v) is 7.50. The number of hydrogen-bond donors (Lipinski definition) is 2. The van der Waals surface area contributed by atoms with E-state index >= 15 is 0 Å². The van der Waals surface area contributed by atoms with E-state index < -0.39 is 0 Å². The first-order valence-electron chi connectivity index (χ1n) is 7.50. The molecule has 0 spiro atoms. The number of benzene rings is 1. The van der Waals surface area contributed by atoms with Crippen molar-refractivity contribution in [3.8, 4) is 0 Å². The van der Waals surface area contributed by atoms with E-state index in [1.165, 1.54) is 31.4 Å². The summed E-state index contributed by atoms with van der Waals surface area (Å²) in [4.78, 5) is 14.1. The Morgan fingerprint density at radius 3 is 2.70 bits per heavy atom. The standard InChI is InChI=1S/C16H23N3O/c1-11(16(20)18-17)14-5-2-12(3-6-14)9-19-10-13-4-7-15(19)8-13/h2-3,5-6,11,13,15H,4,7-10,17H2,1H3,(H,18,20). The topological polar surface area (TPSA) is 58.4 Å². The molecule has 1 heterocycles. The Kier molecular flexibility index (Phi) is 3.76.